The first-order valence-corrected chi connectivity index (χ1v) is 10.1. The van der Waals surface area contributed by atoms with E-state index in [-0.39, 0.29) is 29.0 Å². The monoisotopic (exact) mass is 418 g/mol. The second-order valence-corrected chi connectivity index (χ2v) is 8.27. The van der Waals surface area contributed by atoms with Crippen molar-refractivity contribution >= 4 is 34.7 Å². The zero-order valence-electron chi connectivity index (χ0n) is 14.2. The fourth-order valence-electron chi connectivity index (χ4n) is 3.73. The maximum absolute atomic E-state index is 13.7. The highest BCUT2D eigenvalue weighted by molar-refractivity contribution is 7.10. The number of carbonyl (C=O) groups excluding carboxylic acids is 1. The summed E-state index contributed by atoms with van der Waals surface area (Å²) in [7, 11) is 0. The molecule has 1 aliphatic carbocycles. The van der Waals surface area contributed by atoms with Crippen LogP contribution in [0.15, 0.2) is 17.5 Å². The van der Waals surface area contributed by atoms with Gasteiger partial charge < -0.3 is 10.6 Å². The summed E-state index contributed by atoms with van der Waals surface area (Å²) in [6, 6.07) is 1.22. The molecule has 3 heterocycles. The molecule has 10 heteroatoms. The number of thiophene rings is 1. The lowest BCUT2D eigenvalue weighted by atomic mass is 10.0. The van der Waals surface area contributed by atoms with Gasteiger partial charge in [-0.2, -0.15) is 18.3 Å². The van der Waals surface area contributed by atoms with E-state index in [1.807, 2.05) is 5.38 Å². The molecule has 1 saturated carbocycles. The van der Waals surface area contributed by atoms with E-state index in [1.165, 1.54) is 11.3 Å². The molecule has 2 N–H and O–H groups in total. The Bertz CT molecular complexity index is 830. The lowest BCUT2D eigenvalue weighted by Crippen LogP contribution is -2.36. The van der Waals surface area contributed by atoms with Gasteiger partial charge in [0, 0.05) is 17.3 Å². The molecule has 0 saturated heterocycles. The maximum atomic E-state index is 13.7. The quantitative estimate of drug-likeness (QED) is 0.743. The van der Waals surface area contributed by atoms with Gasteiger partial charge in [0.1, 0.15) is 10.8 Å². The second kappa shape index (κ2) is 7.01. The van der Waals surface area contributed by atoms with Crippen LogP contribution in [0.1, 0.15) is 59.6 Å². The number of alkyl halides is 3. The minimum atomic E-state index is -4.50. The van der Waals surface area contributed by atoms with Crippen LogP contribution in [-0.4, -0.2) is 27.9 Å². The van der Waals surface area contributed by atoms with Crippen LogP contribution in [0.3, 0.4) is 0 Å². The number of hydrogen-bond acceptors (Lipinski definition) is 4. The number of amides is 1. The standard InChI is InChI=1S/C17H18ClF3N4OS/c18-13-14(16(26)22-9-4-1-2-5-9)24-25-12(17(19,20)21)8-10(23-15(13)25)11-6-3-7-27-11/h3,6-7,9-10,12,23H,1-2,4-5,8H2,(H,22,26)/t10-,12+/m1/s1. The average Bonchev–Trinajstić information content (AvgIpc) is 3.35. The Hall–Kier alpha value is -1.74. The van der Waals surface area contributed by atoms with Crippen molar-refractivity contribution in [3.05, 3.63) is 33.1 Å². The topological polar surface area (TPSA) is 59.0 Å². The van der Waals surface area contributed by atoms with Gasteiger partial charge in [-0.3, -0.25) is 4.79 Å². The Morgan fingerprint density at radius 2 is 2.11 bits per heavy atom. The molecule has 0 aromatic carbocycles. The van der Waals surface area contributed by atoms with Crippen molar-refractivity contribution in [2.75, 3.05) is 5.32 Å². The highest BCUT2D eigenvalue weighted by atomic mass is 35.5. The molecule has 4 rings (SSSR count). The molecule has 0 radical (unpaired) electrons. The molecular formula is C17H18ClF3N4OS. The molecular weight excluding hydrogens is 401 g/mol. The molecule has 2 aromatic heterocycles. The lowest BCUT2D eigenvalue weighted by Gasteiger charge is -2.32. The van der Waals surface area contributed by atoms with E-state index in [1.54, 1.807) is 12.1 Å². The number of halogens is 4. The highest BCUT2D eigenvalue weighted by Gasteiger charge is 2.48. The predicted molar refractivity (Wildman–Crippen MR) is 97.4 cm³/mol. The number of rotatable bonds is 3. The molecule has 5 nitrogen and oxygen atoms in total. The van der Waals surface area contributed by atoms with Crippen LogP contribution in [0.2, 0.25) is 5.02 Å². The van der Waals surface area contributed by atoms with Crippen LogP contribution < -0.4 is 10.6 Å². The van der Waals surface area contributed by atoms with Crippen LogP contribution in [-0.2, 0) is 0 Å². The first-order chi connectivity index (χ1) is 12.8. The van der Waals surface area contributed by atoms with E-state index >= 15 is 0 Å². The maximum Gasteiger partial charge on any atom is 0.410 e. The molecule has 2 aromatic rings. The molecule has 146 valence electrons. The van der Waals surface area contributed by atoms with Crippen LogP contribution in [0.4, 0.5) is 19.0 Å². The number of nitrogens with one attached hydrogen (secondary N) is 2. The number of carbonyl (C=O) groups is 1. The van der Waals surface area contributed by atoms with Gasteiger partial charge in [0.05, 0.1) is 6.04 Å². The summed E-state index contributed by atoms with van der Waals surface area (Å²) >= 11 is 7.67. The number of nitrogens with zero attached hydrogens (tertiary/aromatic N) is 2. The molecule has 2 aliphatic rings. The van der Waals surface area contributed by atoms with Gasteiger partial charge in [-0.05, 0) is 24.3 Å². The van der Waals surface area contributed by atoms with Crippen molar-refractivity contribution in [3.8, 4) is 0 Å². The number of fused-ring (bicyclic) bond motifs is 1. The summed E-state index contributed by atoms with van der Waals surface area (Å²) in [6.45, 7) is 0. The fourth-order valence-corrected chi connectivity index (χ4v) is 4.79. The van der Waals surface area contributed by atoms with E-state index in [0.717, 1.165) is 35.2 Å². The molecule has 27 heavy (non-hydrogen) atoms. The SMILES string of the molecule is O=C(NC1CCCC1)c1nn2c(c1Cl)N[C@@H](c1cccs1)C[C@H]2C(F)(F)F. The molecule has 1 amide bonds. The third-order valence-electron chi connectivity index (χ3n) is 5.09. The third kappa shape index (κ3) is 3.54. The first kappa shape index (κ1) is 18.6. The lowest BCUT2D eigenvalue weighted by molar-refractivity contribution is -0.173. The zero-order valence-corrected chi connectivity index (χ0v) is 15.8. The fraction of sp³-hybridized carbons (Fsp3) is 0.529. The van der Waals surface area contributed by atoms with Gasteiger partial charge in [0.15, 0.2) is 11.7 Å². The van der Waals surface area contributed by atoms with Crippen molar-refractivity contribution < 1.29 is 18.0 Å². The summed E-state index contributed by atoms with van der Waals surface area (Å²) in [6.07, 6.45) is -0.932. The Kier molecular flexibility index (Phi) is 4.84. The summed E-state index contributed by atoms with van der Waals surface area (Å²) in [4.78, 5) is 13.3. The molecule has 0 spiro atoms. The molecule has 1 aliphatic heterocycles. The summed E-state index contributed by atoms with van der Waals surface area (Å²) < 4.78 is 41.8. The van der Waals surface area contributed by atoms with Crippen molar-refractivity contribution in [2.24, 2.45) is 0 Å². The highest BCUT2D eigenvalue weighted by Crippen LogP contribution is 2.46. The van der Waals surface area contributed by atoms with Gasteiger partial charge in [0.25, 0.3) is 5.91 Å². The minimum absolute atomic E-state index is 0.0255. The largest absolute Gasteiger partial charge is 0.410 e. The normalized spacial score (nSPS) is 23.1. The average molecular weight is 419 g/mol. The first-order valence-electron chi connectivity index (χ1n) is 8.80. The van der Waals surface area contributed by atoms with Gasteiger partial charge in [-0.1, -0.05) is 30.5 Å². The van der Waals surface area contributed by atoms with E-state index in [4.69, 9.17) is 11.6 Å². The summed E-state index contributed by atoms with van der Waals surface area (Å²) in [5.74, 6) is -0.482. The third-order valence-corrected chi connectivity index (χ3v) is 6.43. The molecule has 0 unspecified atom stereocenters. The van der Waals surface area contributed by atoms with Crippen LogP contribution in [0.25, 0.3) is 0 Å². The Morgan fingerprint density at radius 3 is 2.74 bits per heavy atom. The van der Waals surface area contributed by atoms with Gasteiger partial charge in [-0.15, -0.1) is 11.3 Å². The summed E-state index contributed by atoms with van der Waals surface area (Å²) in [5.41, 5.74) is -0.160. The Labute approximate surface area is 162 Å². The van der Waals surface area contributed by atoms with Gasteiger partial charge in [-0.25, -0.2) is 4.68 Å². The van der Waals surface area contributed by atoms with Crippen LogP contribution in [0, 0.1) is 0 Å². The second-order valence-electron chi connectivity index (χ2n) is 6.92. The van der Waals surface area contributed by atoms with Crippen molar-refractivity contribution in [1.29, 1.82) is 0 Å². The van der Waals surface area contributed by atoms with E-state index in [0.29, 0.717) is 0 Å². The van der Waals surface area contributed by atoms with Gasteiger partial charge in [0.2, 0.25) is 0 Å². The van der Waals surface area contributed by atoms with Crippen LogP contribution >= 0.6 is 22.9 Å². The molecule has 1 fully saturated rings. The van der Waals surface area contributed by atoms with E-state index in [9.17, 15) is 18.0 Å². The molecule has 2 atom stereocenters. The predicted octanol–water partition coefficient (Wildman–Crippen LogP) is 4.93. The van der Waals surface area contributed by atoms with Crippen molar-refractivity contribution in [2.45, 2.75) is 56.4 Å². The summed E-state index contributed by atoms with van der Waals surface area (Å²) in [5, 5.41) is 11.6. The van der Waals surface area contributed by atoms with Gasteiger partial charge >= 0.3 is 6.18 Å². The Morgan fingerprint density at radius 1 is 1.37 bits per heavy atom. The van der Waals surface area contributed by atoms with Crippen molar-refractivity contribution in [1.82, 2.24) is 15.1 Å². The number of aromatic nitrogens is 2. The smallest absolute Gasteiger partial charge is 0.361 e. The number of hydrogen-bond donors (Lipinski definition) is 2. The number of anilines is 1. The van der Waals surface area contributed by atoms with Crippen LogP contribution in [0.5, 0.6) is 0 Å². The molecule has 0 bridgehead atoms. The van der Waals surface area contributed by atoms with E-state index in [2.05, 4.69) is 15.7 Å². The zero-order chi connectivity index (χ0) is 19.2. The van der Waals surface area contributed by atoms with Crippen molar-refractivity contribution in [3.63, 3.8) is 0 Å². The van der Waals surface area contributed by atoms with E-state index < -0.39 is 24.2 Å². The minimum Gasteiger partial charge on any atom is -0.361 e. The Balaban J connectivity index is 1.67.